The molecule has 1 aliphatic heterocycles. The van der Waals surface area contributed by atoms with Crippen LogP contribution >= 0.6 is 11.3 Å². The van der Waals surface area contributed by atoms with E-state index in [1.807, 2.05) is 19.2 Å². The van der Waals surface area contributed by atoms with E-state index in [2.05, 4.69) is 10.3 Å². The molecule has 0 spiro atoms. The summed E-state index contributed by atoms with van der Waals surface area (Å²) in [6, 6.07) is 4.59. The van der Waals surface area contributed by atoms with E-state index in [4.69, 9.17) is 0 Å². The number of aryl methyl sites for hydroxylation is 1. The van der Waals surface area contributed by atoms with E-state index < -0.39 is 0 Å². The zero-order chi connectivity index (χ0) is 17.3. The molecular formula is C17H17N3O3S. The molecule has 6 nitrogen and oxygen atoms in total. The topological polar surface area (TPSA) is 79.4 Å². The van der Waals surface area contributed by atoms with Crippen LogP contribution in [0.4, 0.5) is 5.13 Å². The van der Waals surface area contributed by atoms with Gasteiger partial charge in [0.1, 0.15) is 0 Å². The molecule has 0 radical (unpaired) electrons. The Morgan fingerprint density at radius 3 is 2.67 bits per heavy atom. The van der Waals surface area contributed by atoms with Gasteiger partial charge in [0.2, 0.25) is 0 Å². The van der Waals surface area contributed by atoms with E-state index >= 15 is 0 Å². The Balaban J connectivity index is 1.82. The highest BCUT2D eigenvalue weighted by Gasteiger charge is 2.35. The first kappa shape index (κ1) is 16.3. The Kier molecular flexibility index (Phi) is 4.44. The SMILES string of the molecule is CCCCN1C(=O)c2ccc(C(=O)Nc3nc(C)cs3)cc2C1=O. The number of imide groups is 1. The molecule has 2 heterocycles. The monoisotopic (exact) mass is 343 g/mol. The lowest BCUT2D eigenvalue weighted by molar-refractivity contribution is 0.0652. The summed E-state index contributed by atoms with van der Waals surface area (Å²) in [5.41, 5.74) is 1.81. The van der Waals surface area contributed by atoms with Gasteiger partial charge in [0.25, 0.3) is 17.7 Å². The van der Waals surface area contributed by atoms with Gasteiger partial charge in [-0.3, -0.25) is 24.6 Å². The summed E-state index contributed by atoms with van der Waals surface area (Å²) >= 11 is 1.34. The van der Waals surface area contributed by atoms with Gasteiger partial charge in [-0.2, -0.15) is 0 Å². The number of carbonyl (C=O) groups excluding carboxylic acids is 3. The highest BCUT2D eigenvalue weighted by molar-refractivity contribution is 7.13. The first-order valence-electron chi connectivity index (χ1n) is 7.75. The molecule has 0 saturated carbocycles. The van der Waals surface area contributed by atoms with Crippen molar-refractivity contribution in [3.63, 3.8) is 0 Å². The molecule has 3 rings (SSSR count). The smallest absolute Gasteiger partial charge is 0.261 e. The molecule has 0 aliphatic carbocycles. The average Bonchev–Trinajstić information content (AvgIpc) is 3.08. The van der Waals surface area contributed by atoms with Crippen molar-refractivity contribution in [2.45, 2.75) is 26.7 Å². The minimum atomic E-state index is -0.348. The number of anilines is 1. The Morgan fingerprint density at radius 2 is 2.00 bits per heavy atom. The molecule has 0 fully saturated rings. The quantitative estimate of drug-likeness (QED) is 0.846. The normalized spacial score (nSPS) is 13.3. The van der Waals surface area contributed by atoms with Gasteiger partial charge in [-0.1, -0.05) is 13.3 Å². The van der Waals surface area contributed by atoms with Crippen molar-refractivity contribution < 1.29 is 14.4 Å². The van der Waals surface area contributed by atoms with Gasteiger partial charge in [-0.25, -0.2) is 4.98 Å². The number of fused-ring (bicyclic) bond motifs is 1. The number of benzene rings is 1. The standard InChI is InChI=1S/C17H17N3O3S/c1-3-4-7-20-15(22)12-6-5-11(8-13(12)16(20)23)14(21)19-17-18-10(2)9-24-17/h5-6,8-9H,3-4,7H2,1-2H3,(H,18,19,21). The van der Waals surface area contributed by atoms with Gasteiger partial charge in [0.05, 0.1) is 16.8 Å². The van der Waals surface area contributed by atoms with Crippen LogP contribution in [0.2, 0.25) is 0 Å². The summed E-state index contributed by atoms with van der Waals surface area (Å²) in [6.45, 7) is 4.25. The van der Waals surface area contributed by atoms with Gasteiger partial charge in [0, 0.05) is 17.5 Å². The van der Waals surface area contributed by atoms with Gasteiger partial charge in [-0.15, -0.1) is 11.3 Å². The predicted octanol–water partition coefficient (Wildman–Crippen LogP) is 3.10. The molecule has 124 valence electrons. The molecule has 24 heavy (non-hydrogen) atoms. The number of hydrogen-bond acceptors (Lipinski definition) is 5. The molecular weight excluding hydrogens is 326 g/mol. The minimum absolute atomic E-state index is 0.286. The highest BCUT2D eigenvalue weighted by Crippen LogP contribution is 2.25. The summed E-state index contributed by atoms with van der Waals surface area (Å²) in [4.78, 5) is 42.4. The summed E-state index contributed by atoms with van der Waals surface area (Å²) in [6.07, 6.45) is 1.66. The third-order valence-corrected chi connectivity index (χ3v) is 4.68. The maximum atomic E-state index is 12.4. The lowest BCUT2D eigenvalue weighted by Gasteiger charge is -2.12. The maximum absolute atomic E-state index is 12.4. The largest absolute Gasteiger partial charge is 0.298 e. The Bertz CT molecular complexity index is 828. The van der Waals surface area contributed by atoms with Crippen molar-refractivity contribution in [2.24, 2.45) is 0 Å². The van der Waals surface area contributed by atoms with Crippen molar-refractivity contribution >= 4 is 34.2 Å². The van der Waals surface area contributed by atoms with Crippen molar-refractivity contribution in [2.75, 3.05) is 11.9 Å². The van der Waals surface area contributed by atoms with Crippen molar-refractivity contribution in [1.29, 1.82) is 0 Å². The van der Waals surface area contributed by atoms with Crippen LogP contribution in [0, 0.1) is 6.92 Å². The lowest BCUT2D eigenvalue weighted by Crippen LogP contribution is -2.30. The highest BCUT2D eigenvalue weighted by atomic mass is 32.1. The van der Waals surface area contributed by atoms with E-state index in [0.717, 1.165) is 18.5 Å². The Morgan fingerprint density at radius 1 is 1.25 bits per heavy atom. The first-order chi connectivity index (χ1) is 11.5. The van der Waals surface area contributed by atoms with Crippen molar-refractivity contribution in [3.05, 3.63) is 46.0 Å². The number of rotatable bonds is 5. The zero-order valence-electron chi connectivity index (χ0n) is 13.5. The third kappa shape index (κ3) is 2.94. The minimum Gasteiger partial charge on any atom is -0.298 e. The van der Waals surface area contributed by atoms with Crippen LogP contribution in [0.5, 0.6) is 0 Å². The van der Waals surface area contributed by atoms with Crippen LogP contribution in [0.1, 0.15) is 56.5 Å². The van der Waals surface area contributed by atoms with E-state index in [0.29, 0.717) is 28.4 Å². The van der Waals surface area contributed by atoms with Crippen LogP contribution in [-0.4, -0.2) is 34.2 Å². The molecule has 3 amide bonds. The maximum Gasteiger partial charge on any atom is 0.261 e. The van der Waals surface area contributed by atoms with E-state index in [1.54, 1.807) is 12.1 Å². The zero-order valence-corrected chi connectivity index (χ0v) is 14.3. The van der Waals surface area contributed by atoms with E-state index in [9.17, 15) is 14.4 Å². The number of hydrogen-bond donors (Lipinski definition) is 1. The number of nitrogens with zero attached hydrogens (tertiary/aromatic N) is 2. The second kappa shape index (κ2) is 6.52. The number of thiazole rings is 1. The fraction of sp³-hybridized carbons (Fsp3) is 0.294. The number of amides is 3. The van der Waals surface area contributed by atoms with Crippen LogP contribution in [0.3, 0.4) is 0 Å². The van der Waals surface area contributed by atoms with Crippen LogP contribution in [0.15, 0.2) is 23.6 Å². The molecule has 0 atom stereocenters. The van der Waals surface area contributed by atoms with Crippen molar-refractivity contribution in [3.8, 4) is 0 Å². The third-order valence-electron chi connectivity index (χ3n) is 3.81. The summed E-state index contributed by atoms with van der Waals surface area (Å²) in [7, 11) is 0. The fourth-order valence-electron chi connectivity index (χ4n) is 2.53. The number of carbonyl (C=O) groups is 3. The molecule has 2 aromatic rings. The first-order valence-corrected chi connectivity index (χ1v) is 8.63. The lowest BCUT2D eigenvalue weighted by atomic mass is 10.1. The molecule has 1 aromatic carbocycles. The number of nitrogens with one attached hydrogen (secondary N) is 1. The Labute approximate surface area is 143 Å². The van der Waals surface area contributed by atoms with Crippen LogP contribution < -0.4 is 5.32 Å². The van der Waals surface area contributed by atoms with Gasteiger partial charge in [-0.05, 0) is 31.5 Å². The molecule has 0 bridgehead atoms. The van der Waals surface area contributed by atoms with E-state index in [1.165, 1.54) is 22.3 Å². The number of aromatic nitrogens is 1. The molecule has 1 N–H and O–H groups in total. The molecule has 1 aromatic heterocycles. The van der Waals surface area contributed by atoms with Crippen LogP contribution in [0.25, 0.3) is 0 Å². The Hall–Kier alpha value is -2.54. The van der Waals surface area contributed by atoms with Gasteiger partial charge < -0.3 is 0 Å². The summed E-state index contributed by atoms with van der Waals surface area (Å²) < 4.78 is 0. The molecule has 7 heteroatoms. The van der Waals surface area contributed by atoms with Crippen LogP contribution in [-0.2, 0) is 0 Å². The second-order valence-corrected chi connectivity index (χ2v) is 6.48. The summed E-state index contributed by atoms with van der Waals surface area (Å²) in [5.74, 6) is -0.964. The molecule has 1 aliphatic rings. The predicted molar refractivity (Wildman–Crippen MR) is 91.5 cm³/mol. The number of unbranched alkanes of at least 4 members (excludes halogenated alkanes) is 1. The second-order valence-electron chi connectivity index (χ2n) is 5.62. The average molecular weight is 343 g/mol. The summed E-state index contributed by atoms with van der Waals surface area (Å²) in [5, 5.41) is 5.04. The van der Waals surface area contributed by atoms with Gasteiger partial charge in [0.15, 0.2) is 5.13 Å². The molecule has 0 saturated heterocycles. The van der Waals surface area contributed by atoms with Crippen molar-refractivity contribution in [1.82, 2.24) is 9.88 Å². The van der Waals surface area contributed by atoms with Gasteiger partial charge >= 0.3 is 0 Å². The molecule has 0 unspecified atom stereocenters. The fourth-order valence-corrected chi connectivity index (χ4v) is 3.22. The van der Waals surface area contributed by atoms with E-state index in [-0.39, 0.29) is 17.7 Å².